The van der Waals surface area contributed by atoms with Crippen LogP contribution in [0.4, 0.5) is 0 Å². The first-order valence-corrected chi connectivity index (χ1v) is 6.77. The van der Waals surface area contributed by atoms with E-state index < -0.39 is 0 Å². The highest BCUT2D eigenvalue weighted by Gasteiger charge is 2.10. The molecule has 0 aliphatic heterocycles. The summed E-state index contributed by atoms with van der Waals surface area (Å²) in [6.07, 6.45) is 2.77. The number of hydrogen-bond donors (Lipinski definition) is 1. The fraction of sp³-hybridized carbons (Fsp3) is 0.400. The number of rotatable bonds is 6. The molecule has 1 aromatic carbocycles. The van der Waals surface area contributed by atoms with Gasteiger partial charge in [-0.15, -0.1) is 0 Å². The summed E-state index contributed by atoms with van der Waals surface area (Å²) in [4.78, 5) is 4.53. The Morgan fingerprint density at radius 1 is 1.32 bits per heavy atom. The Kier molecular flexibility index (Phi) is 4.58. The Bertz CT molecular complexity index is 534. The molecule has 4 heteroatoms. The molecule has 0 aliphatic carbocycles. The summed E-state index contributed by atoms with van der Waals surface area (Å²) in [7, 11) is 0. The van der Waals surface area contributed by atoms with Gasteiger partial charge in [-0.2, -0.15) is 0 Å². The number of nitrogens with zero attached hydrogens (tertiary/aromatic N) is 2. The third-order valence-corrected chi connectivity index (χ3v) is 3.06. The van der Waals surface area contributed by atoms with E-state index in [9.17, 15) is 0 Å². The molecule has 0 unspecified atom stereocenters. The topological polar surface area (TPSA) is 53.1 Å². The van der Waals surface area contributed by atoms with Crippen molar-refractivity contribution in [1.29, 1.82) is 0 Å². The van der Waals surface area contributed by atoms with Gasteiger partial charge < -0.3 is 15.0 Å². The molecule has 0 aliphatic rings. The summed E-state index contributed by atoms with van der Waals surface area (Å²) in [5.41, 5.74) is 7.90. The molecule has 2 rings (SSSR count). The average molecular weight is 259 g/mol. The molecule has 0 amide bonds. The molecule has 1 aromatic heterocycles. The third kappa shape index (κ3) is 2.96. The lowest BCUT2D eigenvalue weighted by Crippen LogP contribution is -2.09. The largest absolute Gasteiger partial charge is 0.494 e. The zero-order chi connectivity index (χ0) is 13.7. The summed E-state index contributed by atoms with van der Waals surface area (Å²) in [6, 6.07) is 8.05. The fourth-order valence-electron chi connectivity index (χ4n) is 2.23. The molecule has 0 fully saturated rings. The van der Waals surface area contributed by atoms with Crippen molar-refractivity contribution in [2.75, 3.05) is 13.2 Å². The second-order valence-corrected chi connectivity index (χ2v) is 4.32. The van der Waals surface area contributed by atoms with E-state index in [2.05, 4.69) is 22.5 Å². The van der Waals surface area contributed by atoms with E-state index in [0.717, 1.165) is 30.1 Å². The SMILES string of the molecule is CCOc1cccc(-c2ncc(CCN)n2CC)c1. The van der Waals surface area contributed by atoms with Gasteiger partial charge in [0.1, 0.15) is 11.6 Å². The van der Waals surface area contributed by atoms with Gasteiger partial charge in [-0.25, -0.2) is 4.98 Å². The standard InChI is InChI=1S/C15H21N3O/c1-3-18-13(8-9-16)11-17-15(18)12-6-5-7-14(10-12)19-4-2/h5-7,10-11H,3-4,8-9,16H2,1-2H3. The predicted molar refractivity (Wildman–Crippen MR) is 77.3 cm³/mol. The minimum atomic E-state index is 0.643. The van der Waals surface area contributed by atoms with Crippen LogP contribution in [0, 0.1) is 0 Å². The molecular weight excluding hydrogens is 238 g/mol. The van der Waals surface area contributed by atoms with E-state index >= 15 is 0 Å². The van der Waals surface area contributed by atoms with Crippen molar-refractivity contribution in [2.24, 2.45) is 5.73 Å². The van der Waals surface area contributed by atoms with E-state index in [4.69, 9.17) is 10.5 Å². The van der Waals surface area contributed by atoms with Gasteiger partial charge in [-0.1, -0.05) is 12.1 Å². The van der Waals surface area contributed by atoms with Crippen molar-refractivity contribution in [3.05, 3.63) is 36.2 Å². The first kappa shape index (κ1) is 13.6. The van der Waals surface area contributed by atoms with Crippen molar-refractivity contribution in [3.63, 3.8) is 0 Å². The van der Waals surface area contributed by atoms with Crippen LogP contribution in [0.3, 0.4) is 0 Å². The quantitative estimate of drug-likeness (QED) is 0.867. The Hall–Kier alpha value is -1.81. The highest BCUT2D eigenvalue weighted by molar-refractivity contribution is 5.58. The zero-order valence-corrected chi connectivity index (χ0v) is 11.6. The Morgan fingerprint density at radius 3 is 2.84 bits per heavy atom. The summed E-state index contributed by atoms with van der Waals surface area (Å²) in [5, 5.41) is 0. The van der Waals surface area contributed by atoms with Gasteiger partial charge in [0.05, 0.1) is 6.61 Å². The van der Waals surface area contributed by atoms with Crippen LogP contribution in [-0.4, -0.2) is 22.7 Å². The summed E-state index contributed by atoms with van der Waals surface area (Å²) >= 11 is 0. The van der Waals surface area contributed by atoms with Crippen molar-refractivity contribution in [1.82, 2.24) is 9.55 Å². The van der Waals surface area contributed by atoms with Crippen LogP contribution in [0.25, 0.3) is 11.4 Å². The molecule has 2 aromatic rings. The van der Waals surface area contributed by atoms with Crippen molar-refractivity contribution in [2.45, 2.75) is 26.8 Å². The average Bonchev–Trinajstić information content (AvgIpc) is 2.83. The normalized spacial score (nSPS) is 10.7. The van der Waals surface area contributed by atoms with Crippen LogP contribution in [0.15, 0.2) is 30.5 Å². The van der Waals surface area contributed by atoms with Gasteiger partial charge in [0.25, 0.3) is 0 Å². The molecule has 19 heavy (non-hydrogen) atoms. The molecule has 0 saturated heterocycles. The third-order valence-electron chi connectivity index (χ3n) is 3.06. The maximum absolute atomic E-state index is 5.63. The van der Waals surface area contributed by atoms with Crippen molar-refractivity contribution >= 4 is 0 Å². The maximum Gasteiger partial charge on any atom is 0.140 e. The molecule has 4 nitrogen and oxygen atoms in total. The van der Waals surface area contributed by atoms with Gasteiger partial charge in [-0.3, -0.25) is 0 Å². The minimum Gasteiger partial charge on any atom is -0.494 e. The Labute approximate surface area is 114 Å². The molecule has 0 saturated carbocycles. The predicted octanol–water partition coefficient (Wildman–Crippen LogP) is 2.47. The lowest BCUT2D eigenvalue weighted by atomic mass is 10.2. The van der Waals surface area contributed by atoms with Gasteiger partial charge in [-0.05, 0) is 32.5 Å². The number of nitrogens with two attached hydrogens (primary N) is 1. The maximum atomic E-state index is 5.63. The van der Waals surface area contributed by atoms with Crippen molar-refractivity contribution < 1.29 is 4.74 Å². The second-order valence-electron chi connectivity index (χ2n) is 4.32. The van der Waals surface area contributed by atoms with Crippen LogP contribution in [0.1, 0.15) is 19.5 Å². The molecule has 0 bridgehead atoms. The van der Waals surface area contributed by atoms with E-state index in [1.807, 2.05) is 31.3 Å². The van der Waals surface area contributed by atoms with Crippen LogP contribution in [-0.2, 0) is 13.0 Å². The number of hydrogen-bond acceptors (Lipinski definition) is 3. The first-order chi connectivity index (χ1) is 9.30. The van der Waals surface area contributed by atoms with Gasteiger partial charge in [0.2, 0.25) is 0 Å². The number of aromatic nitrogens is 2. The Balaban J connectivity index is 2.38. The van der Waals surface area contributed by atoms with E-state index in [0.29, 0.717) is 13.2 Å². The smallest absolute Gasteiger partial charge is 0.140 e. The fourth-order valence-corrected chi connectivity index (χ4v) is 2.23. The molecule has 2 N–H and O–H groups in total. The number of imidazole rings is 1. The lowest BCUT2D eigenvalue weighted by Gasteiger charge is -2.10. The van der Waals surface area contributed by atoms with Crippen LogP contribution in [0.2, 0.25) is 0 Å². The Morgan fingerprint density at radius 2 is 2.16 bits per heavy atom. The number of ether oxygens (including phenoxy) is 1. The molecular formula is C15H21N3O. The molecule has 0 radical (unpaired) electrons. The second kappa shape index (κ2) is 6.38. The van der Waals surface area contributed by atoms with E-state index in [1.165, 1.54) is 5.69 Å². The summed E-state index contributed by atoms with van der Waals surface area (Å²) in [5.74, 6) is 1.86. The highest BCUT2D eigenvalue weighted by Crippen LogP contribution is 2.24. The molecule has 1 heterocycles. The summed E-state index contributed by atoms with van der Waals surface area (Å²) in [6.45, 7) is 6.31. The van der Waals surface area contributed by atoms with E-state index in [-0.39, 0.29) is 0 Å². The van der Waals surface area contributed by atoms with Crippen LogP contribution in [0.5, 0.6) is 5.75 Å². The van der Waals surface area contributed by atoms with Crippen LogP contribution < -0.4 is 10.5 Å². The highest BCUT2D eigenvalue weighted by atomic mass is 16.5. The number of benzene rings is 1. The van der Waals surface area contributed by atoms with Crippen LogP contribution >= 0.6 is 0 Å². The first-order valence-electron chi connectivity index (χ1n) is 6.77. The molecule has 0 spiro atoms. The van der Waals surface area contributed by atoms with Gasteiger partial charge >= 0.3 is 0 Å². The molecule has 102 valence electrons. The van der Waals surface area contributed by atoms with Crippen molar-refractivity contribution in [3.8, 4) is 17.1 Å². The van der Waals surface area contributed by atoms with Gasteiger partial charge in [0, 0.05) is 30.4 Å². The monoisotopic (exact) mass is 259 g/mol. The zero-order valence-electron chi connectivity index (χ0n) is 11.6. The summed E-state index contributed by atoms with van der Waals surface area (Å²) < 4.78 is 7.75. The van der Waals surface area contributed by atoms with Gasteiger partial charge in [0.15, 0.2) is 0 Å². The molecule has 0 atom stereocenters. The minimum absolute atomic E-state index is 0.643. The lowest BCUT2D eigenvalue weighted by molar-refractivity contribution is 0.340. The van der Waals surface area contributed by atoms with E-state index in [1.54, 1.807) is 0 Å².